The van der Waals surface area contributed by atoms with Crippen molar-refractivity contribution in [2.75, 3.05) is 24.7 Å². The smallest absolute Gasteiger partial charge is 0.486 e. The highest BCUT2D eigenvalue weighted by atomic mass is 19.4. The SMILES string of the molecule is O=C1[C@@H]2C[C@@H](CN2C(=O)C2CCOCC2)Oc2ccccc2N1Cc1ccc(OC(F)(F)F)cc1. The second-order valence-corrected chi connectivity index (χ2v) is 8.95. The van der Waals surface area contributed by atoms with E-state index in [9.17, 15) is 22.8 Å². The van der Waals surface area contributed by atoms with E-state index in [1.54, 1.807) is 28.0 Å². The Bertz CT molecular complexity index is 1090. The maximum atomic E-state index is 13.9. The fraction of sp³-hybridized carbons (Fsp3) is 0.440. The first kappa shape index (κ1) is 23.5. The van der Waals surface area contributed by atoms with E-state index >= 15 is 0 Å². The second-order valence-electron chi connectivity index (χ2n) is 8.95. The molecule has 2 bridgehead atoms. The summed E-state index contributed by atoms with van der Waals surface area (Å²) in [6.45, 7) is 1.48. The van der Waals surface area contributed by atoms with Gasteiger partial charge in [0.05, 0.1) is 18.8 Å². The first-order valence-electron chi connectivity index (χ1n) is 11.6. The Balaban J connectivity index is 1.42. The number of halogens is 3. The summed E-state index contributed by atoms with van der Waals surface area (Å²) < 4.78 is 53.1. The Morgan fingerprint density at radius 1 is 1.06 bits per heavy atom. The van der Waals surface area contributed by atoms with Crippen LogP contribution in [0.1, 0.15) is 24.8 Å². The fourth-order valence-corrected chi connectivity index (χ4v) is 4.94. The number of amides is 2. The zero-order chi connectivity index (χ0) is 24.6. The number of benzene rings is 2. The number of hydrogen-bond acceptors (Lipinski definition) is 5. The zero-order valence-corrected chi connectivity index (χ0v) is 18.9. The molecule has 7 nitrogen and oxygen atoms in total. The van der Waals surface area contributed by atoms with Crippen molar-refractivity contribution in [3.8, 4) is 11.5 Å². The Kier molecular flexibility index (Phi) is 6.31. The number of fused-ring (bicyclic) bond motifs is 3. The number of likely N-dealkylation sites (tertiary alicyclic amines) is 1. The summed E-state index contributed by atoms with van der Waals surface area (Å²) in [4.78, 5) is 30.4. The predicted octanol–water partition coefficient (Wildman–Crippen LogP) is 3.91. The summed E-state index contributed by atoms with van der Waals surface area (Å²) in [5, 5.41) is 0. The molecular weight excluding hydrogens is 465 g/mol. The number of rotatable bonds is 4. The second kappa shape index (κ2) is 9.41. The van der Waals surface area contributed by atoms with Crippen LogP contribution in [0.5, 0.6) is 11.5 Å². The van der Waals surface area contributed by atoms with Gasteiger partial charge in [-0.15, -0.1) is 13.2 Å². The highest BCUT2D eigenvalue weighted by Gasteiger charge is 2.46. The number of alkyl halides is 3. The van der Waals surface area contributed by atoms with Crippen molar-refractivity contribution in [2.24, 2.45) is 5.92 Å². The third-order valence-electron chi connectivity index (χ3n) is 6.61. The van der Waals surface area contributed by atoms with E-state index in [0.29, 0.717) is 56.0 Å². The Morgan fingerprint density at radius 2 is 1.77 bits per heavy atom. The summed E-state index contributed by atoms with van der Waals surface area (Å²) in [7, 11) is 0. The molecule has 2 amide bonds. The van der Waals surface area contributed by atoms with Crippen molar-refractivity contribution in [1.82, 2.24) is 4.90 Å². The molecule has 3 aliphatic rings. The minimum absolute atomic E-state index is 0.0580. The summed E-state index contributed by atoms with van der Waals surface area (Å²) in [5.74, 6) is -0.287. The molecule has 0 saturated carbocycles. The van der Waals surface area contributed by atoms with E-state index in [2.05, 4.69) is 4.74 Å². The molecule has 10 heteroatoms. The van der Waals surface area contributed by atoms with Crippen molar-refractivity contribution in [1.29, 1.82) is 0 Å². The van der Waals surface area contributed by atoms with Gasteiger partial charge in [0.15, 0.2) is 0 Å². The van der Waals surface area contributed by atoms with E-state index < -0.39 is 12.4 Å². The molecule has 5 rings (SSSR count). The molecule has 0 N–H and O–H groups in total. The lowest BCUT2D eigenvalue weighted by Gasteiger charge is -2.33. The number of anilines is 1. The lowest BCUT2D eigenvalue weighted by molar-refractivity contribution is -0.274. The Hall–Kier alpha value is -3.27. The van der Waals surface area contributed by atoms with Crippen LogP contribution in [0.3, 0.4) is 0 Å². The van der Waals surface area contributed by atoms with Crippen molar-refractivity contribution >= 4 is 17.5 Å². The highest BCUT2D eigenvalue weighted by Crippen LogP contribution is 2.38. The third-order valence-corrected chi connectivity index (χ3v) is 6.61. The number of hydrogen-bond donors (Lipinski definition) is 0. The van der Waals surface area contributed by atoms with Gasteiger partial charge in [0.2, 0.25) is 11.8 Å². The average molecular weight is 490 g/mol. The minimum atomic E-state index is -4.78. The van der Waals surface area contributed by atoms with Crippen molar-refractivity contribution in [3.05, 3.63) is 54.1 Å². The molecule has 3 aliphatic heterocycles. The van der Waals surface area contributed by atoms with Gasteiger partial charge in [-0.25, -0.2) is 0 Å². The largest absolute Gasteiger partial charge is 0.573 e. The van der Waals surface area contributed by atoms with Gasteiger partial charge >= 0.3 is 6.36 Å². The predicted molar refractivity (Wildman–Crippen MR) is 119 cm³/mol. The molecule has 2 fully saturated rings. The highest BCUT2D eigenvalue weighted by molar-refractivity contribution is 6.01. The zero-order valence-electron chi connectivity index (χ0n) is 18.9. The topological polar surface area (TPSA) is 68.3 Å². The first-order chi connectivity index (χ1) is 16.8. The standard InChI is InChI=1S/C25H25F3N2O5/c26-25(27,28)35-18-7-5-16(6-8-18)14-29-20-3-1-2-4-22(20)34-19-13-21(24(29)32)30(15-19)23(31)17-9-11-33-12-10-17/h1-8,17,19,21H,9-15H2/t19-,21-/m0/s1. The minimum Gasteiger partial charge on any atom is -0.486 e. The molecule has 2 aromatic carbocycles. The van der Waals surface area contributed by atoms with E-state index in [1.165, 1.54) is 24.3 Å². The van der Waals surface area contributed by atoms with E-state index in [1.807, 2.05) is 6.07 Å². The van der Waals surface area contributed by atoms with Crippen molar-refractivity contribution in [2.45, 2.75) is 44.3 Å². The number of para-hydroxylation sites is 2. The van der Waals surface area contributed by atoms with Gasteiger partial charge in [0.25, 0.3) is 0 Å². The molecule has 2 aromatic rings. The molecule has 0 aliphatic carbocycles. The molecule has 2 saturated heterocycles. The molecule has 3 heterocycles. The van der Waals surface area contributed by atoms with Gasteiger partial charge in [-0.05, 0) is 42.7 Å². The molecule has 186 valence electrons. The molecule has 35 heavy (non-hydrogen) atoms. The van der Waals surface area contributed by atoms with Crippen LogP contribution in [0.25, 0.3) is 0 Å². The van der Waals surface area contributed by atoms with Crippen LogP contribution < -0.4 is 14.4 Å². The molecular formula is C25H25F3N2O5. The molecule has 0 radical (unpaired) electrons. The monoisotopic (exact) mass is 490 g/mol. The number of carbonyl (C=O) groups is 2. The molecule has 2 atom stereocenters. The Labute approximate surface area is 200 Å². The van der Waals surface area contributed by atoms with Gasteiger partial charge in [0.1, 0.15) is 23.6 Å². The molecule has 0 aromatic heterocycles. The van der Waals surface area contributed by atoms with Crippen LogP contribution in [0.4, 0.5) is 18.9 Å². The van der Waals surface area contributed by atoms with Crippen LogP contribution >= 0.6 is 0 Å². The van der Waals surface area contributed by atoms with Gasteiger partial charge in [-0.3, -0.25) is 9.59 Å². The van der Waals surface area contributed by atoms with Crippen LogP contribution in [0, 0.1) is 5.92 Å². The summed E-state index contributed by atoms with van der Waals surface area (Å²) in [6, 6.07) is 11.9. The lowest BCUT2D eigenvalue weighted by Crippen LogP contribution is -2.49. The number of carbonyl (C=O) groups excluding carboxylic acids is 2. The lowest BCUT2D eigenvalue weighted by atomic mass is 9.98. The summed E-state index contributed by atoms with van der Waals surface area (Å²) in [5.41, 5.74) is 1.17. The van der Waals surface area contributed by atoms with Crippen molar-refractivity contribution < 1.29 is 37.0 Å². The summed E-state index contributed by atoms with van der Waals surface area (Å²) >= 11 is 0. The van der Waals surface area contributed by atoms with Crippen LogP contribution in [0.2, 0.25) is 0 Å². The van der Waals surface area contributed by atoms with Crippen LogP contribution in [-0.4, -0.2) is 55.0 Å². The molecule has 0 spiro atoms. The third kappa shape index (κ3) is 5.07. The van der Waals surface area contributed by atoms with Crippen molar-refractivity contribution in [3.63, 3.8) is 0 Å². The van der Waals surface area contributed by atoms with E-state index in [-0.39, 0.29) is 36.1 Å². The summed E-state index contributed by atoms with van der Waals surface area (Å²) in [6.07, 6.45) is -3.45. The maximum Gasteiger partial charge on any atom is 0.573 e. The fourth-order valence-electron chi connectivity index (χ4n) is 4.94. The first-order valence-corrected chi connectivity index (χ1v) is 11.6. The quantitative estimate of drug-likeness (QED) is 0.650. The van der Waals surface area contributed by atoms with Gasteiger partial charge in [0, 0.05) is 25.6 Å². The normalized spacial score (nSPS) is 22.8. The van der Waals surface area contributed by atoms with Crippen LogP contribution in [0.15, 0.2) is 48.5 Å². The number of nitrogens with zero attached hydrogens (tertiary/aromatic N) is 2. The Morgan fingerprint density at radius 3 is 2.49 bits per heavy atom. The number of ether oxygens (including phenoxy) is 3. The van der Waals surface area contributed by atoms with Gasteiger partial charge in [-0.1, -0.05) is 24.3 Å². The van der Waals surface area contributed by atoms with Gasteiger partial charge in [-0.2, -0.15) is 0 Å². The molecule has 0 unspecified atom stereocenters. The van der Waals surface area contributed by atoms with Crippen LogP contribution in [-0.2, 0) is 20.9 Å². The van der Waals surface area contributed by atoms with Gasteiger partial charge < -0.3 is 24.0 Å². The van der Waals surface area contributed by atoms with E-state index in [4.69, 9.17) is 9.47 Å². The average Bonchev–Trinajstić information content (AvgIpc) is 3.27. The maximum absolute atomic E-state index is 13.9. The van der Waals surface area contributed by atoms with E-state index in [0.717, 1.165) is 0 Å².